The zero-order valence-corrected chi connectivity index (χ0v) is 12.5. The van der Waals surface area contributed by atoms with Gasteiger partial charge in [-0.15, -0.1) is 5.10 Å². The quantitative estimate of drug-likeness (QED) is 0.857. The molecule has 6 nitrogen and oxygen atoms in total. The van der Waals surface area contributed by atoms with Crippen LogP contribution in [0.1, 0.15) is 19.9 Å². The number of ether oxygens (including phenoxy) is 1. The predicted octanol–water partition coefficient (Wildman–Crippen LogP) is 2.42. The molecule has 0 spiro atoms. The van der Waals surface area contributed by atoms with Crippen LogP contribution in [0.5, 0.6) is 0 Å². The Labute approximate surface area is 122 Å². The van der Waals surface area contributed by atoms with Crippen LogP contribution in [-0.2, 0) is 4.74 Å². The maximum Gasteiger partial charge on any atom is 0.185 e. The summed E-state index contributed by atoms with van der Waals surface area (Å²) in [4.78, 5) is 0. The third-order valence-corrected chi connectivity index (χ3v) is 3.50. The second-order valence-corrected chi connectivity index (χ2v) is 5.33. The molecule has 0 fully saturated rings. The Morgan fingerprint density at radius 3 is 2.75 bits per heavy atom. The first-order valence-electron chi connectivity index (χ1n) is 6.37. The number of nitrogens with zero attached hydrogens (tertiary/aromatic N) is 4. The van der Waals surface area contributed by atoms with Gasteiger partial charge in [-0.25, -0.2) is 4.68 Å². The summed E-state index contributed by atoms with van der Waals surface area (Å²) in [5, 5.41) is 12.4. The average molecular weight is 296 g/mol. The Morgan fingerprint density at radius 1 is 1.40 bits per heavy atom. The van der Waals surface area contributed by atoms with E-state index in [0.717, 1.165) is 0 Å². The molecule has 1 heterocycles. The molecule has 2 rings (SSSR count). The molecule has 0 amide bonds. The monoisotopic (exact) mass is 295 g/mol. The van der Waals surface area contributed by atoms with E-state index in [1.54, 1.807) is 30.0 Å². The standard InChI is InChI=1S/C13H18ClN5O/c1-8(2)11(7-20-3)19-13(16-17-18-19)12-9(14)5-4-6-10(12)15/h4-6,8,11H,7,15H2,1-3H3. The van der Waals surface area contributed by atoms with E-state index < -0.39 is 0 Å². The van der Waals surface area contributed by atoms with Crippen LogP contribution in [0.25, 0.3) is 11.4 Å². The highest BCUT2D eigenvalue weighted by Crippen LogP contribution is 2.33. The molecular formula is C13H18ClN5O. The largest absolute Gasteiger partial charge is 0.398 e. The van der Waals surface area contributed by atoms with Crippen molar-refractivity contribution < 1.29 is 4.74 Å². The summed E-state index contributed by atoms with van der Waals surface area (Å²) >= 11 is 6.23. The number of hydrogen-bond donors (Lipinski definition) is 1. The van der Waals surface area contributed by atoms with Gasteiger partial charge in [-0.3, -0.25) is 0 Å². The first-order valence-corrected chi connectivity index (χ1v) is 6.75. The number of rotatable bonds is 5. The van der Waals surface area contributed by atoms with Crippen LogP contribution in [0.15, 0.2) is 18.2 Å². The highest BCUT2D eigenvalue weighted by Gasteiger charge is 2.23. The van der Waals surface area contributed by atoms with Gasteiger partial charge < -0.3 is 10.5 Å². The molecule has 2 aromatic rings. The second kappa shape index (κ2) is 6.19. The fourth-order valence-corrected chi connectivity index (χ4v) is 2.34. The van der Waals surface area contributed by atoms with Crippen molar-refractivity contribution in [2.45, 2.75) is 19.9 Å². The van der Waals surface area contributed by atoms with E-state index in [4.69, 9.17) is 22.1 Å². The molecule has 20 heavy (non-hydrogen) atoms. The summed E-state index contributed by atoms with van der Waals surface area (Å²) < 4.78 is 6.99. The van der Waals surface area contributed by atoms with Crippen molar-refractivity contribution in [2.24, 2.45) is 5.92 Å². The van der Waals surface area contributed by atoms with E-state index >= 15 is 0 Å². The lowest BCUT2D eigenvalue weighted by Gasteiger charge is -2.21. The minimum absolute atomic E-state index is 0.0145. The number of nitrogens with two attached hydrogens (primary N) is 1. The zero-order chi connectivity index (χ0) is 14.7. The number of hydrogen-bond acceptors (Lipinski definition) is 5. The molecule has 1 atom stereocenters. The second-order valence-electron chi connectivity index (χ2n) is 4.92. The van der Waals surface area contributed by atoms with Gasteiger partial charge in [0.25, 0.3) is 0 Å². The van der Waals surface area contributed by atoms with Gasteiger partial charge in [0.1, 0.15) is 0 Å². The Hall–Kier alpha value is -1.66. The minimum Gasteiger partial charge on any atom is -0.398 e. The fraction of sp³-hybridized carbons (Fsp3) is 0.462. The molecule has 7 heteroatoms. The van der Waals surface area contributed by atoms with Gasteiger partial charge >= 0.3 is 0 Å². The lowest BCUT2D eigenvalue weighted by molar-refractivity contribution is 0.126. The molecule has 1 unspecified atom stereocenters. The number of halogens is 1. The molecular weight excluding hydrogens is 278 g/mol. The van der Waals surface area contributed by atoms with Crippen molar-refractivity contribution in [3.63, 3.8) is 0 Å². The molecule has 0 aliphatic heterocycles. The Balaban J connectivity index is 2.52. The van der Waals surface area contributed by atoms with Crippen LogP contribution >= 0.6 is 11.6 Å². The van der Waals surface area contributed by atoms with E-state index in [2.05, 4.69) is 29.4 Å². The van der Waals surface area contributed by atoms with Crippen molar-refractivity contribution in [2.75, 3.05) is 19.5 Å². The van der Waals surface area contributed by atoms with E-state index in [1.165, 1.54) is 0 Å². The van der Waals surface area contributed by atoms with Crippen LogP contribution in [0.3, 0.4) is 0 Å². The van der Waals surface area contributed by atoms with Gasteiger partial charge in [-0.05, 0) is 28.5 Å². The number of methoxy groups -OCH3 is 1. The number of anilines is 1. The van der Waals surface area contributed by atoms with Crippen LogP contribution < -0.4 is 5.73 Å². The molecule has 0 saturated heterocycles. The SMILES string of the molecule is COCC(C(C)C)n1nnnc1-c1c(N)cccc1Cl. The van der Waals surface area contributed by atoms with Gasteiger partial charge in [0.15, 0.2) is 5.82 Å². The number of aromatic nitrogens is 4. The van der Waals surface area contributed by atoms with E-state index in [0.29, 0.717) is 34.6 Å². The highest BCUT2D eigenvalue weighted by atomic mass is 35.5. The molecule has 2 N–H and O–H groups in total. The maximum absolute atomic E-state index is 6.23. The summed E-state index contributed by atoms with van der Waals surface area (Å²) in [7, 11) is 1.66. The van der Waals surface area contributed by atoms with Gasteiger partial charge in [-0.1, -0.05) is 31.5 Å². The molecule has 0 aliphatic carbocycles. The van der Waals surface area contributed by atoms with Crippen molar-refractivity contribution in [1.82, 2.24) is 20.2 Å². The summed E-state index contributed by atoms with van der Waals surface area (Å²) in [6.07, 6.45) is 0. The maximum atomic E-state index is 6.23. The van der Waals surface area contributed by atoms with Gasteiger partial charge in [0, 0.05) is 12.8 Å². The summed E-state index contributed by atoms with van der Waals surface area (Å²) in [6, 6.07) is 5.36. The van der Waals surface area contributed by atoms with Crippen LogP contribution in [0.4, 0.5) is 5.69 Å². The Kier molecular flexibility index (Phi) is 4.57. The fourth-order valence-electron chi connectivity index (χ4n) is 2.07. The van der Waals surface area contributed by atoms with Crippen LogP contribution in [0, 0.1) is 5.92 Å². The predicted molar refractivity (Wildman–Crippen MR) is 78.4 cm³/mol. The van der Waals surface area contributed by atoms with Gasteiger partial charge in [0.2, 0.25) is 0 Å². The summed E-state index contributed by atoms with van der Waals surface area (Å²) in [6.45, 7) is 4.69. The topological polar surface area (TPSA) is 78.8 Å². The normalized spacial score (nSPS) is 12.8. The zero-order valence-electron chi connectivity index (χ0n) is 11.7. The third-order valence-electron chi connectivity index (χ3n) is 3.18. The van der Waals surface area contributed by atoms with Crippen LogP contribution in [0.2, 0.25) is 5.02 Å². The molecule has 0 bridgehead atoms. The number of tetrazole rings is 1. The van der Waals surface area contributed by atoms with Crippen molar-refractivity contribution >= 4 is 17.3 Å². The van der Waals surface area contributed by atoms with Crippen LogP contribution in [-0.4, -0.2) is 33.9 Å². The van der Waals surface area contributed by atoms with Crippen molar-refractivity contribution in [1.29, 1.82) is 0 Å². The Morgan fingerprint density at radius 2 is 2.15 bits per heavy atom. The smallest absolute Gasteiger partial charge is 0.185 e. The first-order chi connectivity index (χ1) is 9.56. The molecule has 108 valence electrons. The van der Waals surface area contributed by atoms with Crippen molar-refractivity contribution in [3.05, 3.63) is 23.2 Å². The van der Waals surface area contributed by atoms with Crippen molar-refractivity contribution in [3.8, 4) is 11.4 Å². The lowest BCUT2D eigenvalue weighted by Crippen LogP contribution is -2.22. The molecule has 0 radical (unpaired) electrons. The molecule has 0 saturated carbocycles. The molecule has 0 aliphatic rings. The number of nitrogen functional groups attached to an aromatic ring is 1. The lowest BCUT2D eigenvalue weighted by atomic mass is 10.0. The molecule has 1 aromatic heterocycles. The van der Waals surface area contributed by atoms with E-state index in [1.807, 2.05) is 0 Å². The van der Waals surface area contributed by atoms with E-state index in [-0.39, 0.29) is 6.04 Å². The molecule has 1 aromatic carbocycles. The van der Waals surface area contributed by atoms with E-state index in [9.17, 15) is 0 Å². The van der Waals surface area contributed by atoms with Gasteiger partial charge in [0.05, 0.1) is 23.2 Å². The Bertz CT molecular complexity index is 564. The highest BCUT2D eigenvalue weighted by molar-refractivity contribution is 6.33. The minimum atomic E-state index is 0.0145. The first kappa shape index (κ1) is 14.7. The van der Waals surface area contributed by atoms with Gasteiger partial charge in [-0.2, -0.15) is 0 Å². The number of benzene rings is 1. The average Bonchev–Trinajstić information content (AvgIpc) is 2.84. The third kappa shape index (κ3) is 2.76. The summed E-state index contributed by atoms with van der Waals surface area (Å²) in [5.74, 6) is 0.866. The summed E-state index contributed by atoms with van der Waals surface area (Å²) in [5.41, 5.74) is 7.21.